The van der Waals surface area contributed by atoms with Gasteiger partial charge < -0.3 is 24.0 Å². The average molecular weight is 517 g/mol. The lowest BCUT2D eigenvalue weighted by Gasteiger charge is -2.36. The van der Waals surface area contributed by atoms with E-state index in [1.54, 1.807) is 24.1 Å². The first kappa shape index (κ1) is 25.6. The van der Waals surface area contributed by atoms with Crippen molar-refractivity contribution in [3.8, 4) is 0 Å². The minimum Gasteiger partial charge on any atom is -0.474 e. The summed E-state index contributed by atoms with van der Waals surface area (Å²) in [5.41, 5.74) is 1.83. The van der Waals surface area contributed by atoms with E-state index in [-0.39, 0.29) is 24.2 Å². The highest BCUT2D eigenvalue weighted by Crippen LogP contribution is 2.29. The summed E-state index contributed by atoms with van der Waals surface area (Å²) in [6, 6.07) is 14.3. The highest BCUT2D eigenvalue weighted by Gasteiger charge is 2.36. The summed E-state index contributed by atoms with van der Waals surface area (Å²) in [7, 11) is 3.10. The van der Waals surface area contributed by atoms with Gasteiger partial charge in [0.1, 0.15) is 12.4 Å². The number of likely N-dealkylation sites (N-methyl/N-ethyl adjacent to an activating group) is 1. The third kappa shape index (κ3) is 5.85. The molecule has 11 heteroatoms. The fraction of sp³-hybridized carbons (Fsp3) is 0.400. The zero-order chi connectivity index (χ0) is 25.7. The van der Waals surface area contributed by atoms with Crippen LogP contribution in [0.1, 0.15) is 5.56 Å². The third-order valence-corrected chi connectivity index (χ3v) is 6.70. The monoisotopic (exact) mass is 516 g/mol. The van der Waals surface area contributed by atoms with Gasteiger partial charge in [-0.1, -0.05) is 30.3 Å². The highest BCUT2D eigenvalue weighted by atomic mass is 32.1. The zero-order valence-corrected chi connectivity index (χ0v) is 21.1. The molecule has 9 nitrogen and oxygen atoms in total. The summed E-state index contributed by atoms with van der Waals surface area (Å²) >= 11 is 5.08. The van der Waals surface area contributed by atoms with Crippen LogP contribution in [-0.4, -0.2) is 86.7 Å². The maximum absolute atomic E-state index is 15.1. The maximum atomic E-state index is 15.1. The van der Waals surface area contributed by atoms with Gasteiger partial charge in [0.05, 0.1) is 31.6 Å². The Kier molecular flexibility index (Phi) is 8.21. The second kappa shape index (κ2) is 11.5. The lowest BCUT2D eigenvalue weighted by molar-refractivity contribution is -0.136. The minimum absolute atomic E-state index is 0.00910. The summed E-state index contributed by atoms with van der Waals surface area (Å²) in [6.07, 6.45) is -1.21. The number of hydrogen-bond acceptors (Lipinski definition) is 7. The van der Waals surface area contributed by atoms with Crippen molar-refractivity contribution in [2.45, 2.75) is 12.8 Å². The van der Waals surface area contributed by atoms with Crippen LogP contribution in [-0.2, 0) is 25.6 Å². The van der Waals surface area contributed by atoms with Crippen molar-refractivity contribution < 1.29 is 28.2 Å². The molecule has 2 aromatic carbocycles. The number of piperazine rings is 1. The fourth-order valence-electron chi connectivity index (χ4n) is 4.16. The normalized spacial score (nSPS) is 17.7. The van der Waals surface area contributed by atoms with Gasteiger partial charge in [0.15, 0.2) is 6.23 Å². The van der Waals surface area contributed by atoms with Crippen LogP contribution in [0, 0.1) is 5.82 Å². The summed E-state index contributed by atoms with van der Waals surface area (Å²) in [5, 5.41) is 0.191. The molecule has 4 rings (SSSR count). The van der Waals surface area contributed by atoms with E-state index >= 15 is 4.39 Å². The predicted octanol–water partition coefficient (Wildman–Crippen LogP) is 2.84. The Bertz CT molecular complexity index is 1100. The Labute approximate surface area is 214 Å². The van der Waals surface area contributed by atoms with E-state index in [1.165, 1.54) is 23.0 Å². The second-order valence-corrected chi connectivity index (χ2v) is 8.86. The van der Waals surface area contributed by atoms with Crippen molar-refractivity contribution in [2.24, 2.45) is 0 Å². The van der Waals surface area contributed by atoms with Gasteiger partial charge in [0, 0.05) is 33.2 Å². The van der Waals surface area contributed by atoms with Crippen molar-refractivity contribution in [1.82, 2.24) is 9.80 Å². The quantitative estimate of drug-likeness (QED) is 0.521. The van der Waals surface area contributed by atoms with Crippen molar-refractivity contribution in [3.05, 3.63) is 59.9 Å². The smallest absolute Gasteiger partial charge is 0.416 e. The molecule has 2 aliphatic rings. The van der Waals surface area contributed by atoms with Crippen LogP contribution >= 0.6 is 12.2 Å². The molecule has 2 fully saturated rings. The number of carbonyl (C=O) groups excluding carboxylic acids is 2. The topological polar surface area (TPSA) is 74.8 Å². The Morgan fingerprint density at radius 1 is 1.17 bits per heavy atom. The number of rotatable bonds is 7. The standard InChI is InChI=1S/C25H29FN4O5S/c1-27(25(36)33-2)23-15-30(24(32)35-23)19-8-9-21(20(26)14-19)28-10-12-29(13-11-28)22(31)17-34-16-18-6-4-3-5-7-18/h3-9,14,23H,10-13,15-17H2,1-2H3/t23-/m0/s1. The number of amides is 2. The molecule has 2 amide bonds. The summed E-state index contributed by atoms with van der Waals surface area (Å²) < 4.78 is 31.0. The number of anilines is 2. The predicted molar refractivity (Wildman–Crippen MR) is 136 cm³/mol. The van der Waals surface area contributed by atoms with Gasteiger partial charge in [0.25, 0.3) is 5.17 Å². The van der Waals surface area contributed by atoms with Gasteiger partial charge in [0.2, 0.25) is 5.91 Å². The lowest BCUT2D eigenvalue weighted by Crippen LogP contribution is -2.50. The van der Waals surface area contributed by atoms with Crippen LogP contribution in [0.3, 0.4) is 0 Å². The fourth-order valence-corrected chi connectivity index (χ4v) is 4.28. The van der Waals surface area contributed by atoms with Crippen molar-refractivity contribution >= 4 is 40.8 Å². The number of carbonyl (C=O) groups is 2. The van der Waals surface area contributed by atoms with E-state index < -0.39 is 18.1 Å². The largest absolute Gasteiger partial charge is 0.474 e. The molecular weight excluding hydrogens is 487 g/mol. The van der Waals surface area contributed by atoms with E-state index in [9.17, 15) is 9.59 Å². The molecular formula is C25H29FN4O5S. The molecule has 0 radical (unpaired) electrons. The molecule has 0 saturated carbocycles. The number of cyclic esters (lactones) is 1. The number of halogens is 1. The average Bonchev–Trinajstić information content (AvgIpc) is 3.29. The zero-order valence-electron chi connectivity index (χ0n) is 20.3. The van der Waals surface area contributed by atoms with Gasteiger partial charge in [-0.05, 0) is 36.0 Å². The minimum atomic E-state index is -0.630. The number of hydrogen-bond donors (Lipinski definition) is 0. The molecule has 0 bridgehead atoms. The second-order valence-electron chi connectivity index (χ2n) is 8.51. The first-order valence-electron chi connectivity index (χ1n) is 11.6. The Morgan fingerprint density at radius 2 is 1.89 bits per heavy atom. The van der Waals surface area contributed by atoms with E-state index in [2.05, 4.69) is 0 Å². The van der Waals surface area contributed by atoms with Crippen LogP contribution in [0.2, 0.25) is 0 Å². The van der Waals surface area contributed by atoms with Gasteiger partial charge >= 0.3 is 6.09 Å². The van der Waals surface area contributed by atoms with Gasteiger partial charge in [-0.3, -0.25) is 14.6 Å². The molecule has 192 valence electrons. The Hall–Kier alpha value is -3.44. The van der Waals surface area contributed by atoms with E-state index in [0.29, 0.717) is 44.2 Å². The highest BCUT2D eigenvalue weighted by molar-refractivity contribution is 7.80. The molecule has 2 aromatic rings. The van der Waals surface area contributed by atoms with Gasteiger partial charge in [-0.25, -0.2) is 9.18 Å². The maximum Gasteiger partial charge on any atom is 0.416 e. The number of ether oxygens (including phenoxy) is 3. The Balaban J connectivity index is 1.29. The Morgan fingerprint density at radius 3 is 2.56 bits per heavy atom. The van der Waals surface area contributed by atoms with E-state index in [1.807, 2.05) is 35.2 Å². The summed E-state index contributed by atoms with van der Waals surface area (Å²) in [4.78, 5) is 31.4. The molecule has 0 N–H and O–H groups in total. The van der Waals surface area contributed by atoms with Crippen molar-refractivity contribution in [1.29, 1.82) is 0 Å². The number of benzene rings is 2. The number of nitrogens with zero attached hydrogens (tertiary/aromatic N) is 4. The first-order valence-corrected chi connectivity index (χ1v) is 12.0. The van der Waals surface area contributed by atoms with Crippen LogP contribution in [0.25, 0.3) is 0 Å². The van der Waals surface area contributed by atoms with Crippen LogP contribution in [0.5, 0.6) is 0 Å². The molecule has 1 atom stereocenters. The molecule has 0 spiro atoms. The SMILES string of the molecule is COC(=S)N(C)[C@@H]1CN(c2ccc(N3CCN(C(=O)COCc4ccccc4)CC3)c(F)c2)C(=O)O1. The first-order chi connectivity index (χ1) is 17.4. The number of methoxy groups -OCH3 is 1. The molecule has 2 saturated heterocycles. The number of thiocarbonyl (C=S) groups is 1. The molecule has 0 aromatic heterocycles. The molecule has 0 aliphatic carbocycles. The van der Waals surface area contributed by atoms with Crippen molar-refractivity contribution in [3.63, 3.8) is 0 Å². The molecule has 2 heterocycles. The molecule has 36 heavy (non-hydrogen) atoms. The molecule has 2 aliphatic heterocycles. The molecule has 0 unspecified atom stereocenters. The van der Waals surface area contributed by atoms with Gasteiger partial charge in [-0.2, -0.15) is 0 Å². The van der Waals surface area contributed by atoms with Gasteiger partial charge in [-0.15, -0.1) is 0 Å². The summed E-state index contributed by atoms with van der Waals surface area (Å²) in [5.74, 6) is -0.531. The third-order valence-electron chi connectivity index (χ3n) is 6.24. The van der Waals surface area contributed by atoms with E-state index in [0.717, 1.165) is 5.56 Å². The van der Waals surface area contributed by atoms with Crippen LogP contribution in [0.15, 0.2) is 48.5 Å². The summed E-state index contributed by atoms with van der Waals surface area (Å²) in [6.45, 7) is 2.51. The van der Waals surface area contributed by atoms with Crippen molar-refractivity contribution in [2.75, 3.05) is 63.3 Å². The van der Waals surface area contributed by atoms with E-state index in [4.69, 9.17) is 26.4 Å². The lowest BCUT2D eigenvalue weighted by atomic mass is 10.2. The van der Waals surface area contributed by atoms with Crippen LogP contribution < -0.4 is 9.80 Å². The van der Waals surface area contributed by atoms with Crippen LogP contribution in [0.4, 0.5) is 20.6 Å².